The highest BCUT2D eigenvalue weighted by Crippen LogP contribution is 2.22. The van der Waals surface area contributed by atoms with Gasteiger partial charge in [-0.15, -0.1) is 0 Å². The number of hydrogen-bond acceptors (Lipinski definition) is 2. The minimum atomic E-state index is 0.817. The van der Waals surface area contributed by atoms with Crippen LogP contribution in [0.3, 0.4) is 0 Å². The molecule has 1 fully saturated rings. The molecule has 1 N–H and O–H groups in total. The first-order chi connectivity index (χ1) is 13.3. The minimum absolute atomic E-state index is 0.817. The Morgan fingerprint density at radius 2 is 1.81 bits per heavy atom. The molecule has 3 heterocycles. The summed E-state index contributed by atoms with van der Waals surface area (Å²) in [5, 5.41) is 9.01. The Hall–Kier alpha value is -2.85. The van der Waals surface area contributed by atoms with Crippen LogP contribution in [0.25, 0.3) is 16.6 Å². The van der Waals surface area contributed by atoms with Crippen LogP contribution in [0.5, 0.6) is 0 Å². The molecule has 4 aromatic rings. The average Bonchev–Trinajstić information content (AvgIpc) is 3.25. The van der Waals surface area contributed by atoms with Gasteiger partial charge in [0.1, 0.15) is 0 Å². The molecule has 0 spiro atoms. The van der Waals surface area contributed by atoms with Gasteiger partial charge in [0.15, 0.2) is 0 Å². The van der Waals surface area contributed by atoms with Gasteiger partial charge in [0.25, 0.3) is 0 Å². The van der Waals surface area contributed by atoms with E-state index in [0.29, 0.717) is 0 Å². The van der Waals surface area contributed by atoms with Gasteiger partial charge in [-0.3, -0.25) is 0 Å². The van der Waals surface area contributed by atoms with Crippen LogP contribution in [0.2, 0.25) is 0 Å². The van der Waals surface area contributed by atoms with Crippen molar-refractivity contribution in [3.8, 4) is 5.69 Å². The molecule has 0 saturated carbocycles. The summed E-state index contributed by atoms with van der Waals surface area (Å²) in [6, 6.07) is 19.9. The van der Waals surface area contributed by atoms with Crippen molar-refractivity contribution in [2.45, 2.75) is 19.9 Å². The largest absolute Gasteiger partial charge is 0.343 e. The van der Waals surface area contributed by atoms with Crippen molar-refractivity contribution in [2.75, 3.05) is 13.1 Å². The average molecular weight is 356 g/mol. The van der Waals surface area contributed by atoms with Crippen LogP contribution >= 0.6 is 0 Å². The predicted octanol–water partition coefficient (Wildman–Crippen LogP) is 3.95. The van der Waals surface area contributed by atoms with Crippen molar-refractivity contribution in [1.29, 1.82) is 0 Å². The number of nitrogens with zero attached hydrogens (tertiary/aromatic N) is 3. The van der Waals surface area contributed by atoms with Crippen molar-refractivity contribution < 1.29 is 0 Å². The Morgan fingerprint density at radius 1 is 1.00 bits per heavy atom. The molecular weight excluding hydrogens is 332 g/mol. The summed E-state index contributed by atoms with van der Waals surface area (Å²) in [6.07, 6.45) is 5.21. The fourth-order valence-corrected chi connectivity index (χ4v) is 3.90. The number of benzene rings is 2. The third-order valence-electron chi connectivity index (χ3n) is 5.60. The van der Waals surface area contributed by atoms with Gasteiger partial charge in [0.05, 0.1) is 5.69 Å². The molecule has 2 aromatic carbocycles. The monoisotopic (exact) mass is 356 g/mol. The van der Waals surface area contributed by atoms with E-state index in [1.54, 1.807) is 0 Å². The first kappa shape index (κ1) is 16.3. The molecule has 0 unspecified atom stereocenters. The molecule has 136 valence electrons. The number of aryl methyl sites for hydroxylation is 1. The van der Waals surface area contributed by atoms with Crippen LogP contribution in [0, 0.1) is 12.8 Å². The van der Waals surface area contributed by atoms with Crippen LogP contribution in [0.4, 0.5) is 0 Å². The summed E-state index contributed by atoms with van der Waals surface area (Å²) in [7, 11) is 0. The van der Waals surface area contributed by atoms with Crippen LogP contribution < -0.4 is 5.32 Å². The zero-order chi connectivity index (χ0) is 18.2. The van der Waals surface area contributed by atoms with E-state index < -0.39 is 0 Å². The van der Waals surface area contributed by atoms with Gasteiger partial charge in [-0.1, -0.05) is 24.3 Å². The van der Waals surface area contributed by atoms with E-state index in [1.807, 2.05) is 16.9 Å². The van der Waals surface area contributed by atoms with E-state index in [4.69, 9.17) is 0 Å². The molecule has 4 nitrogen and oxygen atoms in total. The lowest BCUT2D eigenvalue weighted by molar-refractivity contribution is 0.346. The molecule has 1 saturated heterocycles. The highest BCUT2D eigenvalue weighted by Gasteiger charge is 2.16. The van der Waals surface area contributed by atoms with Crippen LogP contribution in [-0.4, -0.2) is 27.4 Å². The highest BCUT2D eigenvalue weighted by molar-refractivity contribution is 5.82. The second-order valence-electron chi connectivity index (χ2n) is 7.62. The summed E-state index contributed by atoms with van der Waals surface area (Å²) in [5.74, 6) is 0.817. The maximum absolute atomic E-state index is 4.41. The number of rotatable bonds is 5. The minimum Gasteiger partial charge on any atom is -0.343 e. The SMILES string of the molecule is Cc1ccnn1-c1ccc2c(ccn2Cc2ccc(CC3CNC3)cc2)c1. The van der Waals surface area contributed by atoms with E-state index in [1.165, 1.54) is 28.5 Å². The molecule has 1 aliphatic heterocycles. The summed E-state index contributed by atoms with van der Waals surface area (Å²) in [5.41, 5.74) is 6.30. The van der Waals surface area contributed by atoms with E-state index in [0.717, 1.165) is 36.9 Å². The molecule has 0 bridgehead atoms. The van der Waals surface area contributed by atoms with Crippen molar-refractivity contribution in [3.63, 3.8) is 0 Å². The second kappa shape index (κ2) is 6.71. The fourth-order valence-electron chi connectivity index (χ4n) is 3.90. The molecule has 5 rings (SSSR count). The molecule has 4 heteroatoms. The topological polar surface area (TPSA) is 34.8 Å². The smallest absolute Gasteiger partial charge is 0.0656 e. The van der Waals surface area contributed by atoms with Crippen molar-refractivity contribution in [2.24, 2.45) is 5.92 Å². The Morgan fingerprint density at radius 3 is 2.52 bits per heavy atom. The fraction of sp³-hybridized carbons (Fsp3) is 0.261. The quantitative estimate of drug-likeness (QED) is 0.588. The maximum Gasteiger partial charge on any atom is 0.0656 e. The van der Waals surface area contributed by atoms with Gasteiger partial charge in [0, 0.05) is 35.5 Å². The van der Waals surface area contributed by atoms with Crippen LogP contribution in [-0.2, 0) is 13.0 Å². The van der Waals surface area contributed by atoms with Crippen molar-refractivity contribution >= 4 is 10.9 Å². The van der Waals surface area contributed by atoms with Gasteiger partial charge in [-0.05, 0) is 73.8 Å². The van der Waals surface area contributed by atoms with Crippen molar-refractivity contribution in [3.05, 3.63) is 83.8 Å². The molecule has 2 aromatic heterocycles. The van der Waals surface area contributed by atoms with Crippen LogP contribution in [0.1, 0.15) is 16.8 Å². The molecule has 0 atom stereocenters. The third kappa shape index (κ3) is 3.17. The Kier molecular flexibility index (Phi) is 4.06. The highest BCUT2D eigenvalue weighted by atomic mass is 15.3. The lowest BCUT2D eigenvalue weighted by Gasteiger charge is -2.27. The van der Waals surface area contributed by atoms with E-state index in [9.17, 15) is 0 Å². The number of aromatic nitrogens is 3. The lowest BCUT2D eigenvalue weighted by Crippen LogP contribution is -2.43. The molecule has 1 aliphatic rings. The van der Waals surface area contributed by atoms with Gasteiger partial charge in [0.2, 0.25) is 0 Å². The summed E-state index contributed by atoms with van der Waals surface area (Å²) in [6.45, 7) is 5.30. The molecule has 0 amide bonds. The Labute approximate surface area is 159 Å². The van der Waals surface area contributed by atoms with Gasteiger partial charge >= 0.3 is 0 Å². The third-order valence-corrected chi connectivity index (χ3v) is 5.60. The molecular formula is C23H24N4. The maximum atomic E-state index is 4.41. The van der Waals surface area contributed by atoms with Gasteiger partial charge < -0.3 is 9.88 Å². The summed E-state index contributed by atoms with van der Waals surface area (Å²) < 4.78 is 4.30. The lowest BCUT2D eigenvalue weighted by atomic mass is 9.94. The Balaban J connectivity index is 1.36. The Bertz CT molecular complexity index is 1070. The predicted molar refractivity (Wildman–Crippen MR) is 109 cm³/mol. The first-order valence-electron chi connectivity index (χ1n) is 9.65. The first-order valence-corrected chi connectivity index (χ1v) is 9.65. The molecule has 27 heavy (non-hydrogen) atoms. The van der Waals surface area contributed by atoms with E-state index >= 15 is 0 Å². The number of nitrogens with one attached hydrogen (secondary N) is 1. The van der Waals surface area contributed by atoms with E-state index in [2.05, 4.69) is 76.6 Å². The zero-order valence-electron chi connectivity index (χ0n) is 15.6. The van der Waals surface area contributed by atoms with E-state index in [-0.39, 0.29) is 0 Å². The molecule has 0 radical (unpaired) electrons. The van der Waals surface area contributed by atoms with Gasteiger partial charge in [-0.25, -0.2) is 4.68 Å². The summed E-state index contributed by atoms with van der Waals surface area (Å²) in [4.78, 5) is 0. The number of hydrogen-bond donors (Lipinski definition) is 1. The summed E-state index contributed by atoms with van der Waals surface area (Å²) >= 11 is 0. The van der Waals surface area contributed by atoms with Gasteiger partial charge in [-0.2, -0.15) is 5.10 Å². The molecule has 0 aliphatic carbocycles. The van der Waals surface area contributed by atoms with Crippen molar-refractivity contribution in [1.82, 2.24) is 19.7 Å². The number of fused-ring (bicyclic) bond motifs is 1. The standard InChI is InChI=1S/C23H24N4/c1-17-8-10-25-27(17)22-6-7-23-21(13-22)9-11-26(23)16-19-4-2-18(3-5-19)12-20-14-24-15-20/h2-11,13,20,24H,12,14-16H2,1H3. The second-order valence-corrected chi connectivity index (χ2v) is 7.62. The normalized spacial score (nSPS) is 14.6. The van der Waals surface area contributed by atoms with Crippen LogP contribution in [0.15, 0.2) is 67.0 Å². The zero-order valence-corrected chi connectivity index (χ0v) is 15.6.